The van der Waals surface area contributed by atoms with E-state index in [0.29, 0.717) is 40.7 Å². The number of hydrogen-bond donors (Lipinski definition) is 1. The lowest BCUT2D eigenvalue weighted by atomic mass is 9.98. The second kappa shape index (κ2) is 9.93. The Kier molecular flexibility index (Phi) is 8.14. The summed E-state index contributed by atoms with van der Waals surface area (Å²) in [6.45, 7) is 5.07. The Labute approximate surface area is 171 Å². The molecule has 156 valence electrons. The molecule has 1 saturated heterocycles. The van der Waals surface area contributed by atoms with E-state index in [1.54, 1.807) is 6.07 Å². The summed E-state index contributed by atoms with van der Waals surface area (Å²) in [6.07, 6.45) is 2.83. The van der Waals surface area contributed by atoms with Crippen LogP contribution in [0.2, 0.25) is 0 Å². The van der Waals surface area contributed by atoms with Crippen LogP contribution in [0.4, 0.5) is 23.4 Å². The fourth-order valence-corrected chi connectivity index (χ4v) is 3.87. The number of nitrogens with one attached hydrogen (secondary N) is 1. The van der Waals surface area contributed by atoms with Crippen LogP contribution in [0, 0.1) is 11.7 Å². The molecule has 2 unspecified atom stereocenters. The number of halogens is 5. The Bertz CT molecular complexity index is 837. The van der Waals surface area contributed by atoms with Crippen molar-refractivity contribution in [2.45, 2.75) is 32.2 Å². The Balaban J connectivity index is 0.00000136. The molecule has 0 amide bonds. The quantitative estimate of drug-likeness (QED) is 0.646. The van der Waals surface area contributed by atoms with Crippen molar-refractivity contribution in [1.29, 1.82) is 0 Å². The zero-order chi connectivity index (χ0) is 20.9. The largest absolute Gasteiger partial charge is 0.485 e. The molecule has 2 aromatic rings. The number of anilines is 1. The summed E-state index contributed by atoms with van der Waals surface area (Å²) in [6, 6.07) is 2.90. The molecule has 1 fully saturated rings. The molecule has 3 rings (SSSR count). The molecule has 0 spiro atoms. The van der Waals surface area contributed by atoms with Crippen LogP contribution < -0.4 is 9.62 Å². The third-order valence-electron chi connectivity index (χ3n) is 4.19. The van der Waals surface area contributed by atoms with Gasteiger partial charge in [0.2, 0.25) is 0 Å². The molecule has 0 aliphatic carbocycles. The zero-order valence-corrected chi connectivity index (χ0v) is 17.8. The third-order valence-corrected chi connectivity index (χ3v) is 5.65. The average molecular weight is 485 g/mol. The van der Waals surface area contributed by atoms with Crippen LogP contribution >= 0.6 is 15.9 Å². The predicted molar refractivity (Wildman–Crippen MR) is 106 cm³/mol. The molecule has 1 aromatic heterocycles. The normalized spacial score (nSPS) is 18.5. The third kappa shape index (κ3) is 5.60. The van der Waals surface area contributed by atoms with E-state index >= 15 is 0 Å². The van der Waals surface area contributed by atoms with E-state index < -0.39 is 22.3 Å². The number of alkyl halides is 3. The van der Waals surface area contributed by atoms with Crippen LogP contribution in [-0.4, -0.2) is 39.3 Å². The summed E-state index contributed by atoms with van der Waals surface area (Å²) >= 11 is 3.12. The molecule has 0 saturated carbocycles. The highest BCUT2D eigenvalue weighted by Crippen LogP contribution is 2.30. The minimum absolute atomic E-state index is 0.0223. The number of hydrogen-bond acceptors (Lipinski definition) is 4. The summed E-state index contributed by atoms with van der Waals surface area (Å²) in [5, 5.41) is 0.542. The van der Waals surface area contributed by atoms with Gasteiger partial charge in [-0.25, -0.2) is 23.3 Å². The van der Waals surface area contributed by atoms with Crippen LogP contribution in [0.15, 0.2) is 22.9 Å². The van der Waals surface area contributed by atoms with Gasteiger partial charge in [0.25, 0.3) is 0 Å². The molecule has 5 nitrogen and oxygen atoms in total. The number of benzene rings is 1. The van der Waals surface area contributed by atoms with Gasteiger partial charge in [0, 0.05) is 25.0 Å². The Morgan fingerprint density at radius 1 is 1.32 bits per heavy atom. The van der Waals surface area contributed by atoms with Crippen LogP contribution in [-0.2, 0) is 11.0 Å². The molecular weight excluding hydrogens is 464 g/mol. The summed E-state index contributed by atoms with van der Waals surface area (Å²) < 4.78 is 64.4. The lowest BCUT2D eigenvalue weighted by molar-refractivity contribution is -0.0395. The fourth-order valence-electron chi connectivity index (χ4n) is 2.99. The van der Waals surface area contributed by atoms with Gasteiger partial charge in [-0.3, -0.25) is 0 Å². The van der Waals surface area contributed by atoms with Gasteiger partial charge in [0.05, 0.1) is 9.99 Å². The zero-order valence-electron chi connectivity index (χ0n) is 15.4. The van der Waals surface area contributed by atoms with Gasteiger partial charge in [-0.05, 0) is 46.8 Å². The second-order valence-electron chi connectivity index (χ2n) is 6.00. The molecule has 0 radical (unpaired) electrons. The van der Waals surface area contributed by atoms with Crippen LogP contribution in [0.3, 0.4) is 0 Å². The van der Waals surface area contributed by atoms with E-state index in [1.807, 2.05) is 23.5 Å². The molecule has 1 N–H and O–H groups in total. The van der Waals surface area contributed by atoms with E-state index in [2.05, 4.69) is 25.9 Å². The van der Waals surface area contributed by atoms with E-state index in [0.717, 1.165) is 6.42 Å². The number of nitrogens with zero attached hydrogens (tertiary/aromatic N) is 3. The van der Waals surface area contributed by atoms with Crippen LogP contribution in [0.1, 0.15) is 26.7 Å². The number of fused-ring (bicyclic) bond motifs is 1. The highest BCUT2D eigenvalue weighted by Gasteiger charge is 2.37. The van der Waals surface area contributed by atoms with Gasteiger partial charge < -0.3 is 4.90 Å². The molecular formula is C17H21BrF4N4OS. The number of rotatable bonds is 4. The molecule has 28 heavy (non-hydrogen) atoms. The monoisotopic (exact) mass is 484 g/mol. The number of aromatic nitrogens is 2. The van der Waals surface area contributed by atoms with Crippen molar-refractivity contribution in [2.24, 2.45) is 5.92 Å². The van der Waals surface area contributed by atoms with Crippen molar-refractivity contribution in [3.63, 3.8) is 0 Å². The summed E-state index contributed by atoms with van der Waals surface area (Å²) in [7, 11) is -3.07. The van der Waals surface area contributed by atoms with Gasteiger partial charge in [0.1, 0.15) is 18.0 Å². The van der Waals surface area contributed by atoms with E-state index in [9.17, 15) is 21.8 Å². The molecule has 2 heterocycles. The van der Waals surface area contributed by atoms with Gasteiger partial charge in [-0.1, -0.05) is 13.8 Å². The maximum absolute atomic E-state index is 13.9. The Hall–Kier alpha value is -1.33. The maximum atomic E-state index is 13.9. The molecule has 1 aromatic carbocycles. The highest BCUT2D eigenvalue weighted by molar-refractivity contribution is 9.10. The highest BCUT2D eigenvalue weighted by atomic mass is 79.9. The second-order valence-corrected chi connectivity index (χ2v) is 8.14. The van der Waals surface area contributed by atoms with E-state index in [1.165, 1.54) is 12.4 Å². The maximum Gasteiger partial charge on any atom is 0.485 e. The molecule has 1 aliphatic heterocycles. The van der Waals surface area contributed by atoms with Crippen LogP contribution in [0.25, 0.3) is 10.9 Å². The molecule has 11 heteroatoms. The summed E-state index contributed by atoms with van der Waals surface area (Å²) in [5.41, 5.74) is -4.20. The lowest BCUT2D eigenvalue weighted by Crippen LogP contribution is -2.42. The Morgan fingerprint density at radius 3 is 2.71 bits per heavy atom. The lowest BCUT2D eigenvalue weighted by Gasteiger charge is -2.34. The van der Waals surface area contributed by atoms with E-state index in [-0.39, 0.29) is 12.5 Å². The number of piperidine rings is 1. The molecule has 0 bridgehead atoms. The SMILES string of the molecule is CC.O=S(NCC1CCCN(c2ncnc3cc(Br)c(F)cc23)C1)C(F)(F)F. The minimum atomic E-state index is -4.78. The van der Waals surface area contributed by atoms with Crippen molar-refractivity contribution in [3.8, 4) is 0 Å². The van der Waals surface area contributed by atoms with E-state index in [4.69, 9.17) is 0 Å². The van der Waals surface area contributed by atoms with Crippen LogP contribution in [0.5, 0.6) is 0 Å². The minimum Gasteiger partial charge on any atom is -0.356 e. The van der Waals surface area contributed by atoms with Crippen molar-refractivity contribution >= 4 is 43.6 Å². The van der Waals surface area contributed by atoms with Crippen molar-refractivity contribution in [3.05, 3.63) is 28.7 Å². The first-order valence-electron chi connectivity index (χ1n) is 8.82. The first-order valence-corrected chi connectivity index (χ1v) is 10.8. The summed E-state index contributed by atoms with van der Waals surface area (Å²) in [5.74, 6) is -0.0206. The standard InChI is InChI=1S/C15H15BrF4N4OS.C2H6/c16-11-5-13-10(4-12(11)17)14(22-8-21-13)24-3-1-2-9(7-24)6-23-26(25)15(18,19)20;1-2/h4-5,8-9,23H,1-3,6-7H2;1-2H3. The first kappa shape index (κ1) is 23.0. The van der Waals surface area contributed by atoms with Gasteiger partial charge >= 0.3 is 5.51 Å². The predicted octanol–water partition coefficient (Wildman–Crippen LogP) is 4.55. The molecule has 2 atom stereocenters. The Morgan fingerprint density at radius 2 is 2.04 bits per heavy atom. The fraction of sp³-hybridized carbons (Fsp3) is 0.529. The summed E-state index contributed by atoms with van der Waals surface area (Å²) in [4.78, 5) is 10.3. The van der Waals surface area contributed by atoms with Crippen molar-refractivity contribution < 1.29 is 21.8 Å². The molecule has 1 aliphatic rings. The first-order chi connectivity index (χ1) is 13.3. The van der Waals surface area contributed by atoms with Crippen molar-refractivity contribution in [1.82, 2.24) is 14.7 Å². The average Bonchev–Trinajstić information content (AvgIpc) is 2.67. The topological polar surface area (TPSA) is 58.1 Å². The van der Waals surface area contributed by atoms with Crippen molar-refractivity contribution in [2.75, 3.05) is 24.5 Å². The van der Waals surface area contributed by atoms with Gasteiger partial charge in [0.15, 0.2) is 11.0 Å². The van der Waals surface area contributed by atoms with Gasteiger partial charge in [-0.2, -0.15) is 13.2 Å². The van der Waals surface area contributed by atoms with Gasteiger partial charge in [-0.15, -0.1) is 0 Å². The smallest absolute Gasteiger partial charge is 0.356 e.